The van der Waals surface area contributed by atoms with Gasteiger partial charge in [-0.05, 0) is 56.0 Å². The number of hydrogen-bond donors (Lipinski definition) is 1. The molecule has 0 aromatic heterocycles. The Bertz CT molecular complexity index is 534. The van der Waals surface area contributed by atoms with E-state index in [0.29, 0.717) is 17.4 Å². The van der Waals surface area contributed by atoms with Gasteiger partial charge in [-0.25, -0.2) is 13.1 Å². The second-order valence-electron chi connectivity index (χ2n) is 5.82. The molecule has 118 valence electrons. The van der Waals surface area contributed by atoms with Crippen molar-refractivity contribution in [1.82, 2.24) is 9.62 Å². The SMILES string of the molecule is CCC(C)c1ccc(S(=O)(=O)NCCN2CCCC2)cc1. The minimum Gasteiger partial charge on any atom is -0.302 e. The summed E-state index contributed by atoms with van der Waals surface area (Å²) in [6.45, 7) is 7.74. The van der Waals surface area contributed by atoms with Crippen molar-refractivity contribution in [2.75, 3.05) is 26.2 Å². The summed E-state index contributed by atoms with van der Waals surface area (Å²) in [5, 5.41) is 0. The number of sulfonamides is 1. The molecule has 1 aromatic carbocycles. The maximum Gasteiger partial charge on any atom is 0.240 e. The van der Waals surface area contributed by atoms with Gasteiger partial charge in [0.15, 0.2) is 0 Å². The Morgan fingerprint density at radius 3 is 2.38 bits per heavy atom. The van der Waals surface area contributed by atoms with E-state index in [4.69, 9.17) is 0 Å². The van der Waals surface area contributed by atoms with E-state index in [9.17, 15) is 8.42 Å². The second kappa shape index (κ2) is 7.38. The maximum atomic E-state index is 12.2. The van der Waals surface area contributed by atoms with Crippen LogP contribution in [0.15, 0.2) is 29.2 Å². The summed E-state index contributed by atoms with van der Waals surface area (Å²) in [6, 6.07) is 7.26. The summed E-state index contributed by atoms with van der Waals surface area (Å²) in [5.74, 6) is 0.463. The van der Waals surface area contributed by atoms with Crippen molar-refractivity contribution < 1.29 is 8.42 Å². The third-order valence-corrected chi connectivity index (χ3v) is 5.77. The third kappa shape index (κ3) is 4.53. The van der Waals surface area contributed by atoms with E-state index in [-0.39, 0.29) is 0 Å². The lowest BCUT2D eigenvalue weighted by Gasteiger charge is -2.15. The highest BCUT2D eigenvalue weighted by Gasteiger charge is 2.16. The van der Waals surface area contributed by atoms with E-state index in [1.54, 1.807) is 12.1 Å². The Kier molecular flexibility index (Phi) is 5.79. The van der Waals surface area contributed by atoms with Gasteiger partial charge in [0.2, 0.25) is 10.0 Å². The minimum atomic E-state index is -3.38. The van der Waals surface area contributed by atoms with Crippen molar-refractivity contribution in [1.29, 1.82) is 0 Å². The molecule has 1 aromatic rings. The predicted octanol–water partition coefficient (Wildman–Crippen LogP) is 2.57. The molecule has 1 heterocycles. The molecule has 5 heteroatoms. The van der Waals surface area contributed by atoms with Crippen LogP contribution in [0.2, 0.25) is 0 Å². The molecule has 1 N–H and O–H groups in total. The van der Waals surface area contributed by atoms with Crippen LogP contribution in [0.3, 0.4) is 0 Å². The molecule has 1 saturated heterocycles. The largest absolute Gasteiger partial charge is 0.302 e. The Morgan fingerprint density at radius 2 is 1.81 bits per heavy atom. The molecule has 0 amide bonds. The summed E-state index contributed by atoms with van der Waals surface area (Å²) in [7, 11) is -3.38. The van der Waals surface area contributed by atoms with Crippen molar-refractivity contribution in [2.24, 2.45) is 0 Å². The first-order valence-electron chi connectivity index (χ1n) is 7.85. The fraction of sp³-hybridized carbons (Fsp3) is 0.625. The molecule has 1 aliphatic rings. The van der Waals surface area contributed by atoms with Crippen LogP contribution in [0.4, 0.5) is 0 Å². The first-order chi connectivity index (χ1) is 10.0. The van der Waals surface area contributed by atoms with E-state index in [2.05, 4.69) is 23.5 Å². The van der Waals surface area contributed by atoms with Gasteiger partial charge in [-0.15, -0.1) is 0 Å². The maximum absolute atomic E-state index is 12.2. The van der Waals surface area contributed by atoms with E-state index in [1.165, 1.54) is 18.4 Å². The van der Waals surface area contributed by atoms with Gasteiger partial charge in [0, 0.05) is 13.1 Å². The van der Waals surface area contributed by atoms with Crippen molar-refractivity contribution in [3.05, 3.63) is 29.8 Å². The Morgan fingerprint density at radius 1 is 1.19 bits per heavy atom. The van der Waals surface area contributed by atoms with E-state index in [0.717, 1.165) is 26.1 Å². The minimum absolute atomic E-state index is 0.357. The zero-order valence-electron chi connectivity index (χ0n) is 13.0. The van der Waals surface area contributed by atoms with E-state index >= 15 is 0 Å². The number of rotatable bonds is 7. The quantitative estimate of drug-likeness (QED) is 0.842. The molecule has 1 fully saturated rings. The molecule has 2 rings (SSSR count). The molecule has 0 bridgehead atoms. The van der Waals surface area contributed by atoms with Gasteiger partial charge in [-0.3, -0.25) is 0 Å². The molecule has 1 unspecified atom stereocenters. The molecule has 1 atom stereocenters. The Balaban J connectivity index is 1.92. The molecule has 4 nitrogen and oxygen atoms in total. The van der Waals surface area contributed by atoms with Crippen molar-refractivity contribution in [2.45, 2.75) is 43.9 Å². The van der Waals surface area contributed by atoms with Crippen LogP contribution in [-0.4, -0.2) is 39.5 Å². The van der Waals surface area contributed by atoms with Gasteiger partial charge >= 0.3 is 0 Å². The van der Waals surface area contributed by atoms with Crippen LogP contribution in [0.5, 0.6) is 0 Å². The second-order valence-corrected chi connectivity index (χ2v) is 7.59. The van der Waals surface area contributed by atoms with Crippen molar-refractivity contribution >= 4 is 10.0 Å². The molecule has 0 aliphatic carbocycles. The molecular weight excluding hydrogens is 284 g/mol. The summed E-state index contributed by atoms with van der Waals surface area (Å²) >= 11 is 0. The molecular formula is C16H26N2O2S. The lowest BCUT2D eigenvalue weighted by Crippen LogP contribution is -2.33. The average molecular weight is 310 g/mol. The Labute approximate surface area is 128 Å². The normalized spacial score (nSPS) is 18.0. The molecule has 1 aliphatic heterocycles. The number of likely N-dealkylation sites (tertiary alicyclic amines) is 1. The first kappa shape index (κ1) is 16.5. The van der Waals surface area contributed by atoms with Gasteiger partial charge < -0.3 is 4.90 Å². The van der Waals surface area contributed by atoms with Gasteiger partial charge in [0.1, 0.15) is 0 Å². The summed E-state index contributed by atoms with van der Waals surface area (Å²) in [6.07, 6.45) is 3.51. The van der Waals surface area contributed by atoms with Crippen molar-refractivity contribution in [3.8, 4) is 0 Å². The van der Waals surface area contributed by atoms with Crippen LogP contribution < -0.4 is 4.72 Å². The zero-order chi connectivity index (χ0) is 15.3. The van der Waals surface area contributed by atoms with Gasteiger partial charge in [-0.2, -0.15) is 0 Å². The van der Waals surface area contributed by atoms with Crippen LogP contribution in [0, 0.1) is 0 Å². The number of nitrogens with one attached hydrogen (secondary N) is 1. The number of hydrogen-bond acceptors (Lipinski definition) is 3. The van der Waals surface area contributed by atoms with E-state index < -0.39 is 10.0 Å². The molecule has 0 saturated carbocycles. The number of nitrogens with zero attached hydrogens (tertiary/aromatic N) is 1. The first-order valence-corrected chi connectivity index (χ1v) is 9.33. The predicted molar refractivity (Wildman–Crippen MR) is 86.0 cm³/mol. The van der Waals surface area contributed by atoms with Crippen LogP contribution >= 0.6 is 0 Å². The smallest absolute Gasteiger partial charge is 0.240 e. The topological polar surface area (TPSA) is 49.4 Å². The Hall–Kier alpha value is -0.910. The average Bonchev–Trinajstić information content (AvgIpc) is 2.99. The third-order valence-electron chi connectivity index (χ3n) is 4.29. The van der Waals surface area contributed by atoms with Gasteiger partial charge in [0.05, 0.1) is 4.90 Å². The molecule has 21 heavy (non-hydrogen) atoms. The number of benzene rings is 1. The highest BCUT2D eigenvalue weighted by atomic mass is 32.2. The fourth-order valence-electron chi connectivity index (χ4n) is 2.64. The summed E-state index contributed by atoms with van der Waals surface area (Å²) in [5.41, 5.74) is 1.19. The lowest BCUT2D eigenvalue weighted by molar-refractivity contribution is 0.344. The van der Waals surface area contributed by atoms with Gasteiger partial charge in [-0.1, -0.05) is 26.0 Å². The standard InChI is InChI=1S/C16H26N2O2S/c1-3-14(2)15-6-8-16(9-7-15)21(19,20)17-10-13-18-11-4-5-12-18/h6-9,14,17H,3-5,10-13H2,1-2H3. The van der Waals surface area contributed by atoms with Crippen LogP contribution in [-0.2, 0) is 10.0 Å². The van der Waals surface area contributed by atoms with Crippen molar-refractivity contribution in [3.63, 3.8) is 0 Å². The van der Waals surface area contributed by atoms with Crippen LogP contribution in [0.1, 0.15) is 44.6 Å². The van der Waals surface area contributed by atoms with Gasteiger partial charge in [0.25, 0.3) is 0 Å². The van der Waals surface area contributed by atoms with Crippen LogP contribution in [0.25, 0.3) is 0 Å². The fourth-order valence-corrected chi connectivity index (χ4v) is 3.66. The van der Waals surface area contributed by atoms with E-state index in [1.807, 2.05) is 12.1 Å². The summed E-state index contributed by atoms with van der Waals surface area (Å²) in [4.78, 5) is 2.66. The monoisotopic (exact) mass is 310 g/mol. The summed E-state index contributed by atoms with van der Waals surface area (Å²) < 4.78 is 27.1. The highest BCUT2D eigenvalue weighted by Crippen LogP contribution is 2.20. The zero-order valence-corrected chi connectivity index (χ0v) is 13.8. The molecule has 0 spiro atoms. The molecule has 0 radical (unpaired) electrons. The lowest BCUT2D eigenvalue weighted by atomic mass is 9.99. The highest BCUT2D eigenvalue weighted by molar-refractivity contribution is 7.89.